The maximum Gasteiger partial charge on any atom is 0.339 e. The lowest BCUT2D eigenvalue weighted by atomic mass is 10.1. The summed E-state index contributed by atoms with van der Waals surface area (Å²) in [6.07, 6.45) is 3.48. The number of carbonyl (C=O) groups is 1. The number of carbonyl (C=O) groups excluding carboxylic acids is 1. The molecular weight excluding hydrogens is 375 g/mol. The largest absolute Gasteiger partial charge is 0.469 e. The first kappa shape index (κ1) is 23.3. The lowest BCUT2D eigenvalue weighted by Gasteiger charge is -2.30. The van der Waals surface area contributed by atoms with Crippen LogP contribution in [0.1, 0.15) is 57.5 Å². The van der Waals surface area contributed by atoms with Crippen LogP contribution in [0.15, 0.2) is 16.7 Å². The van der Waals surface area contributed by atoms with Gasteiger partial charge >= 0.3 is 13.6 Å². The van der Waals surface area contributed by atoms with Crippen molar-refractivity contribution in [1.82, 2.24) is 0 Å². The van der Waals surface area contributed by atoms with Crippen molar-refractivity contribution in [2.45, 2.75) is 58.4 Å². The zero-order chi connectivity index (χ0) is 19.6. The average Bonchev–Trinajstić information content (AvgIpc) is 3.00. The number of ether oxygens (including phenoxy) is 1. The normalized spacial score (nSPS) is 14.2. The average molecular weight is 406 g/mol. The van der Waals surface area contributed by atoms with Crippen LogP contribution >= 0.6 is 19.4 Å². The molecule has 1 aromatic heterocycles. The van der Waals surface area contributed by atoms with Crippen LogP contribution in [0.25, 0.3) is 0 Å². The van der Waals surface area contributed by atoms with Crippen LogP contribution in [0.4, 0.5) is 0 Å². The smallest absolute Gasteiger partial charge is 0.339 e. The molecule has 0 aliphatic heterocycles. The standard InChI is InChI=1S/C18H31O6PS/c1-6-10-11-26-17(18(19)21-7-2)16(15-12-14(5)22-13-15)25(20,23-8-3)24-9-4/h12-13,16-17H,6-11H2,1-5H3. The number of thioether (sulfide) groups is 1. The topological polar surface area (TPSA) is 75.0 Å². The minimum Gasteiger partial charge on any atom is -0.469 e. The van der Waals surface area contributed by atoms with Gasteiger partial charge in [-0.2, -0.15) is 0 Å². The highest BCUT2D eigenvalue weighted by molar-refractivity contribution is 8.00. The number of rotatable bonds is 13. The van der Waals surface area contributed by atoms with Gasteiger partial charge in [-0.25, -0.2) is 0 Å². The molecule has 0 saturated heterocycles. The summed E-state index contributed by atoms with van der Waals surface area (Å²) in [6, 6.07) is 1.78. The second kappa shape index (κ2) is 11.9. The maximum atomic E-state index is 13.6. The number of esters is 1. The van der Waals surface area contributed by atoms with Gasteiger partial charge in [0.15, 0.2) is 0 Å². The number of unbranched alkanes of at least 4 members (excludes halogenated alkanes) is 1. The molecule has 0 amide bonds. The molecule has 2 unspecified atom stereocenters. The summed E-state index contributed by atoms with van der Waals surface area (Å²) in [7, 11) is -3.60. The first-order chi connectivity index (χ1) is 12.4. The van der Waals surface area contributed by atoms with Gasteiger partial charge in [-0.3, -0.25) is 9.36 Å². The lowest BCUT2D eigenvalue weighted by molar-refractivity contribution is -0.142. The highest BCUT2D eigenvalue weighted by Crippen LogP contribution is 2.64. The fraction of sp³-hybridized carbons (Fsp3) is 0.722. The van der Waals surface area contributed by atoms with Gasteiger partial charge in [-0.05, 0) is 45.9 Å². The second-order valence-electron chi connectivity index (χ2n) is 5.71. The zero-order valence-corrected chi connectivity index (χ0v) is 18.1. The molecule has 6 nitrogen and oxygen atoms in total. The SMILES string of the molecule is CCCCSC(C(=O)OCC)C(c1coc(C)c1)P(=O)(OCC)OCC. The quantitative estimate of drug-likeness (QED) is 0.248. The first-order valence-electron chi connectivity index (χ1n) is 9.15. The van der Waals surface area contributed by atoms with E-state index in [4.69, 9.17) is 18.2 Å². The highest BCUT2D eigenvalue weighted by Gasteiger charge is 2.47. The minimum absolute atomic E-state index is 0.222. The Labute approximate surface area is 160 Å². The van der Waals surface area contributed by atoms with E-state index < -0.39 is 24.5 Å². The van der Waals surface area contributed by atoms with Crippen molar-refractivity contribution in [2.75, 3.05) is 25.6 Å². The summed E-state index contributed by atoms with van der Waals surface area (Å²) < 4.78 is 35.5. The van der Waals surface area contributed by atoms with E-state index in [2.05, 4.69) is 6.92 Å². The molecule has 0 radical (unpaired) electrons. The van der Waals surface area contributed by atoms with Crippen molar-refractivity contribution < 1.29 is 27.6 Å². The maximum absolute atomic E-state index is 13.6. The Morgan fingerprint density at radius 1 is 1.19 bits per heavy atom. The van der Waals surface area contributed by atoms with Gasteiger partial charge in [0.25, 0.3) is 0 Å². The van der Waals surface area contributed by atoms with E-state index in [-0.39, 0.29) is 19.8 Å². The second-order valence-corrected chi connectivity index (χ2v) is 9.11. The van der Waals surface area contributed by atoms with Gasteiger partial charge in [0.2, 0.25) is 0 Å². The number of hydrogen-bond acceptors (Lipinski definition) is 7. The van der Waals surface area contributed by atoms with Crippen LogP contribution in [0.2, 0.25) is 0 Å². The predicted octanol–water partition coefficient (Wildman–Crippen LogP) is 5.36. The van der Waals surface area contributed by atoms with Gasteiger partial charge in [0.1, 0.15) is 16.7 Å². The van der Waals surface area contributed by atoms with Crippen molar-refractivity contribution in [3.8, 4) is 0 Å². The fourth-order valence-electron chi connectivity index (χ4n) is 2.57. The lowest BCUT2D eigenvalue weighted by Crippen LogP contribution is -2.29. The molecule has 150 valence electrons. The Balaban J connectivity index is 3.35. The molecule has 1 heterocycles. The molecule has 0 aliphatic carbocycles. The Hall–Kier alpha value is -0.750. The Morgan fingerprint density at radius 3 is 2.31 bits per heavy atom. The summed E-state index contributed by atoms with van der Waals surface area (Å²) in [6.45, 7) is 9.86. The molecule has 8 heteroatoms. The van der Waals surface area contributed by atoms with Gasteiger partial charge in [-0.1, -0.05) is 13.3 Å². The number of furan rings is 1. The van der Waals surface area contributed by atoms with Crippen LogP contribution in [-0.2, 0) is 23.1 Å². The highest BCUT2D eigenvalue weighted by atomic mass is 32.2. The first-order valence-corrected chi connectivity index (χ1v) is 11.8. The van der Waals surface area contributed by atoms with Gasteiger partial charge < -0.3 is 18.2 Å². The fourth-order valence-corrected chi connectivity index (χ4v) is 6.59. The van der Waals surface area contributed by atoms with E-state index in [1.54, 1.807) is 33.8 Å². The molecule has 0 spiro atoms. The van der Waals surface area contributed by atoms with Crippen LogP contribution < -0.4 is 0 Å². The van der Waals surface area contributed by atoms with Crippen LogP contribution in [0.5, 0.6) is 0 Å². The summed E-state index contributed by atoms with van der Waals surface area (Å²) in [4.78, 5) is 12.7. The molecule has 0 N–H and O–H groups in total. The third kappa shape index (κ3) is 6.45. The van der Waals surface area contributed by atoms with Crippen molar-refractivity contribution in [3.05, 3.63) is 23.7 Å². The predicted molar refractivity (Wildman–Crippen MR) is 105 cm³/mol. The molecule has 1 rings (SSSR count). The summed E-state index contributed by atoms with van der Waals surface area (Å²) >= 11 is 1.44. The Morgan fingerprint density at radius 2 is 1.85 bits per heavy atom. The molecule has 2 atom stereocenters. The van der Waals surface area contributed by atoms with Gasteiger partial charge in [-0.15, -0.1) is 11.8 Å². The number of aryl methyl sites for hydroxylation is 1. The Bertz CT molecular complexity index is 578. The minimum atomic E-state index is -3.60. The van der Waals surface area contributed by atoms with E-state index in [1.165, 1.54) is 18.0 Å². The molecule has 0 saturated carbocycles. The summed E-state index contributed by atoms with van der Waals surface area (Å²) in [5, 5.41) is -0.692. The van der Waals surface area contributed by atoms with Crippen molar-refractivity contribution in [2.24, 2.45) is 0 Å². The van der Waals surface area contributed by atoms with Crippen molar-refractivity contribution in [1.29, 1.82) is 0 Å². The molecule has 0 aliphatic rings. The van der Waals surface area contributed by atoms with Gasteiger partial charge in [0.05, 0.1) is 26.1 Å². The molecule has 0 bridgehead atoms. The van der Waals surface area contributed by atoms with Gasteiger partial charge in [0, 0.05) is 5.56 Å². The van der Waals surface area contributed by atoms with Crippen LogP contribution in [-0.4, -0.2) is 36.8 Å². The van der Waals surface area contributed by atoms with Crippen molar-refractivity contribution >= 4 is 25.3 Å². The van der Waals surface area contributed by atoms with E-state index in [9.17, 15) is 9.36 Å². The monoisotopic (exact) mass is 406 g/mol. The van der Waals surface area contributed by atoms with E-state index in [1.807, 2.05) is 0 Å². The molecule has 1 aromatic rings. The van der Waals surface area contributed by atoms with Crippen LogP contribution in [0.3, 0.4) is 0 Å². The van der Waals surface area contributed by atoms with E-state index >= 15 is 0 Å². The molecular formula is C18H31O6PS. The third-order valence-electron chi connectivity index (χ3n) is 3.65. The summed E-state index contributed by atoms with van der Waals surface area (Å²) in [5.74, 6) is 1.02. The van der Waals surface area contributed by atoms with E-state index in [0.29, 0.717) is 11.3 Å². The summed E-state index contributed by atoms with van der Waals surface area (Å²) in [5.41, 5.74) is -0.143. The third-order valence-corrected chi connectivity index (χ3v) is 7.72. The zero-order valence-electron chi connectivity index (χ0n) is 16.4. The molecule has 0 aromatic carbocycles. The number of hydrogen-bond donors (Lipinski definition) is 0. The van der Waals surface area contributed by atoms with E-state index in [0.717, 1.165) is 18.6 Å². The molecule has 26 heavy (non-hydrogen) atoms. The van der Waals surface area contributed by atoms with Crippen molar-refractivity contribution in [3.63, 3.8) is 0 Å². The molecule has 0 fully saturated rings. The van der Waals surface area contributed by atoms with Crippen LogP contribution in [0, 0.1) is 6.92 Å². The Kier molecular flexibility index (Phi) is 10.6.